The maximum atomic E-state index is 13.6. The number of aromatic hydroxyl groups is 1. The first kappa shape index (κ1) is 39.7. The van der Waals surface area contributed by atoms with Crippen LogP contribution in [-0.2, 0) is 46.4 Å². The number of carboxylic acid groups (broad SMARTS) is 1. The number of amides is 6. The van der Waals surface area contributed by atoms with Gasteiger partial charge in [0.1, 0.15) is 29.9 Å². The number of phenolic OH excluding ortho intramolecular Hbond substituents is 1. The highest BCUT2D eigenvalue weighted by Gasteiger charge is 2.34. The Morgan fingerprint density at radius 1 is 0.857 bits per heavy atom. The van der Waals surface area contributed by atoms with Crippen LogP contribution in [-0.4, -0.2) is 91.8 Å². The fourth-order valence-electron chi connectivity index (χ4n) is 4.67. The number of hydrogen-bond donors (Lipinski definition) is 10. The molecule has 0 aliphatic rings. The number of aromatic nitrogens is 2. The number of imidazole rings is 1. The molecule has 0 radical (unpaired) electrons. The van der Waals surface area contributed by atoms with Crippen LogP contribution in [0.15, 0.2) is 36.8 Å². The van der Waals surface area contributed by atoms with Crippen LogP contribution in [0.2, 0.25) is 0 Å². The van der Waals surface area contributed by atoms with Gasteiger partial charge in [0.2, 0.25) is 35.4 Å². The topological polar surface area (TPSA) is 315 Å². The molecule has 0 saturated heterocycles. The summed E-state index contributed by atoms with van der Waals surface area (Å²) in [6.07, 6.45) is 2.18. The van der Waals surface area contributed by atoms with Crippen molar-refractivity contribution in [3.05, 3.63) is 48.0 Å². The Morgan fingerprint density at radius 3 is 2.02 bits per heavy atom. The lowest BCUT2D eigenvalue weighted by Gasteiger charge is -2.28. The molecule has 0 fully saturated rings. The Hall–Kier alpha value is -5.52. The number of carbonyl (C=O) groups is 7. The second kappa shape index (κ2) is 19.3. The molecule has 0 bridgehead atoms. The van der Waals surface area contributed by atoms with Gasteiger partial charge in [0, 0.05) is 24.7 Å². The number of H-pyrrole nitrogens is 1. The molecule has 0 aliphatic heterocycles. The number of aryl methyl sites for hydroxylation is 1. The maximum absolute atomic E-state index is 13.6. The minimum atomic E-state index is -1.57. The van der Waals surface area contributed by atoms with Crippen molar-refractivity contribution in [3.8, 4) is 5.75 Å². The van der Waals surface area contributed by atoms with Crippen LogP contribution in [0.3, 0.4) is 0 Å². The average Bonchev–Trinajstić information content (AvgIpc) is 3.56. The molecule has 1 heterocycles. The van der Waals surface area contributed by atoms with Crippen molar-refractivity contribution in [2.45, 2.75) is 89.0 Å². The van der Waals surface area contributed by atoms with E-state index in [-0.39, 0.29) is 37.9 Å². The maximum Gasteiger partial charge on any atom is 0.303 e. The Bertz CT molecular complexity index is 1450. The molecule has 2 aromatic rings. The SMILES string of the molecule is CC[C@@H](C)[C@@H](NC(=O)[C@H](N)CCC(=O)O)C(=O)N[C@H](Cc1cnc[nH]1)C(=O)N[C@H](CC(N)=O)C(=O)N[C@H](CCc1ccc(O)cc1)C(N)=O. The van der Waals surface area contributed by atoms with Crippen molar-refractivity contribution in [3.63, 3.8) is 0 Å². The van der Waals surface area contributed by atoms with Gasteiger partial charge in [-0.05, 0) is 42.9 Å². The van der Waals surface area contributed by atoms with E-state index in [0.29, 0.717) is 12.1 Å². The highest BCUT2D eigenvalue weighted by Crippen LogP contribution is 2.13. The zero-order valence-electron chi connectivity index (χ0n) is 27.3. The molecule has 0 aliphatic carbocycles. The number of hydrogen-bond acceptors (Lipinski definition) is 10. The molecular formula is C31H45N9O9. The Morgan fingerprint density at radius 2 is 1.47 bits per heavy atom. The standard InChI is InChI=1S/C31H45N9O9/c1-3-16(2)26(40-28(46)20(32)9-11-25(43)44)31(49)39-22(12-18-14-35-15-36-18)29(47)38-23(13-24(33)42)30(48)37-21(27(34)45)10-6-17-4-7-19(41)8-5-17/h4-5,7-8,14-16,20-23,26,41H,3,6,9-13,32H2,1-2H3,(H2,33,42)(H2,34,45)(H,35,36)(H,37,48)(H,38,47)(H,39,49)(H,40,46)(H,43,44)/t16-,20-,21-,22-,23-,26-/m1/s1. The van der Waals surface area contributed by atoms with E-state index in [1.165, 1.54) is 24.7 Å². The van der Waals surface area contributed by atoms with Gasteiger partial charge in [-0.25, -0.2) is 4.98 Å². The number of aromatic amines is 1. The van der Waals surface area contributed by atoms with Gasteiger partial charge in [-0.3, -0.25) is 33.6 Å². The number of nitrogens with two attached hydrogens (primary N) is 3. The van der Waals surface area contributed by atoms with Crippen LogP contribution in [0, 0.1) is 5.92 Å². The number of carbonyl (C=O) groups excluding carboxylic acids is 6. The highest BCUT2D eigenvalue weighted by molar-refractivity contribution is 5.97. The minimum Gasteiger partial charge on any atom is -0.508 e. The first-order valence-electron chi connectivity index (χ1n) is 15.6. The molecule has 1 aromatic carbocycles. The van der Waals surface area contributed by atoms with Crippen molar-refractivity contribution in [2.24, 2.45) is 23.1 Å². The molecule has 268 valence electrons. The van der Waals surface area contributed by atoms with Gasteiger partial charge in [-0.2, -0.15) is 0 Å². The summed E-state index contributed by atoms with van der Waals surface area (Å²) >= 11 is 0. The van der Waals surface area contributed by atoms with Gasteiger partial charge in [0.15, 0.2) is 0 Å². The highest BCUT2D eigenvalue weighted by atomic mass is 16.4. The van der Waals surface area contributed by atoms with E-state index < -0.39 is 84.0 Å². The van der Waals surface area contributed by atoms with E-state index in [1.54, 1.807) is 26.0 Å². The van der Waals surface area contributed by atoms with Crippen LogP contribution in [0.25, 0.3) is 0 Å². The number of carboxylic acids is 1. The monoisotopic (exact) mass is 687 g/mol. The molecule has 18 heteroatoms. The first-order valence-corrected chi connectivity index (χ1v) is 15.6. The summed E-state index contributed by atoms with van der Waals surface area (Å²) in [4.78, 5) is 94.9. The average molecular weight is 688 g/mol. The van der Waals surface area contributed by atoms with Gasteiger partial charge in [0.05, 0.1) is 18.8 Å². The van der Waals surface area contributed by atoms with Crippen LogP contribution in [0.5, 0.6) is 5.75 Å². The lowest BCUT2D eigenvalue weighted by molar-refractivity contribution is -0.137. The fourth-order valence-corrected chi connectivity index (χ4v) is 4.67. The number of phenols is 1. The quantitative estimate of drug-likeness (QED) is 0.0673. The normalized spacial score (nSPS) is 14.6. The zero-order valence-corrected chi connectivity index (χ0v) is 27.3. The van der Waals surface area contributed by atoms with E-state index in [0.717, 1.165) is 5.56 Å². The lowest BCUT2D eigenvalue weighted by Crippen LogP contribution is -2.60. The second-order valence-corrected chi connectivity index (χ2v) is 11.7. The molecule has 13 N–H and O–H groups in total. The summed E-state index contributed by atoms with van der Waals surface area (Å²) in [5.74, 6) is -6.75. The number of aliphatic carboxylic acids is 1. The van der Waals surface area contributed by atoms with Crippen molar-refractivity contribution >= 4 is 41.4 Å². The van der Waals surface area contributed by atoms with Crippen molar-refractivity contribution in [1.29, 1.82) is 0 Å². The molecule has 0 spiro atoms. The lowest BCUT2D eigenvalue weighted by atomic mass is 9.96. The van der Waals surface area contributed by atoms with Crippen molar-refractivity contribution < 1.29 is 43.8 Å². The first-order chi connectivity index (χ1) is 23.1. The van der Waals surface area contributed by atoms with E-state index in [2.05, 4.69) is 31.2 Å². The molecule has 6 amide bonds. The summed E-state index contributed by atoms with van der Waals surface area (Å²) < 4.78 is 0. The van der Waals surface area contributed by atoms with Gasteiger partial charge in [-0.1, -0.05) is 32.4 Å². The summed E-state index contributed by atoms with van der Waals surface area (Å²) in [6.45, 7) is 3.45. The summed E-state index contributed by atoms with van der Waals surface area (Å²) in [5.41, 5.74) is 17.9. The molecule has 1 aromatic heterocycles. The van der Waals surface area contributed by atoms with E-state index in [4.69, 9.17) is 22.3 Å². The number of nitrogens with one attached hydrogen (secondary N) is 5. The number of benzene rings is 1. The summed E-state index contributed by atoms with van der Waals surface area (Å²) in [5, 5.41) is 28.4. The molecular weight excluding hydrogens is 642 g/mol. The van der Waals surface area contributed by atoms with Crippen LogP contribution in [0.4, 0.5) is 0 Å². The molecule has 2 rings (SSSR count). The predicted octanol–water partition coefficient (Wildman–Crippen LogP) is -2.17. The third-order valence-electron chi connectivity index (χ3n) is 7.77. The van der Waals surface area contributed by atoms with Gasteiger partial charge in [-0.15, -0.1) is 0 Å². The summed E-state index contributed by atoms with van der Waals surface area (Å²) in [7, 11) is 0. The number of rotatable bonds is 21. The minimum absolute atomic E-state index is 0.0490. The molecule has 6 atom stereocenters. The Labute approximate surface area is 282 Å². The third kappa shape index (κ3) is 13.6. The number of nitrogens with zero attached hydrogens (tertiary/aromatic N) is 1. The van der Waals surface area contributed by atoms with E-state index >= 15 is 0 Å². The van der Waals surface area contributed by atoms with Crippen LogP contribution < -0.4 is 38.5 Å². The predicted molar refractivity (Wildman–Crippen MR) is 174 cm³/mol. The zero-order chi connectivity index (χ0) is 36.7. The smallest absolute Gasteiger partial charge is 0.303 e. The van der Waals surface area contributed by atoms with E-state index in [9.17, 15) is 38.7 Å². The van der Waals surface area contributed by atoms with Crippen LogP contribution in [0.1, 0.15) is 57.2 Å². The second-order valence-electron chi connectivity index (χ2n) is 11.7. The third-order valence-corrected chi connectivity index (χ3v) is 7.77. The van der Waals surface area contributed by atoms with Gasteiger partial charge < -0.3 is 53.7 Å². The van der Waals surface area contributed by atoms with E-state index in [1.807, 2.05) is 0 Å². The molecule has 49 heavy (non-hydrogen) atoms. The largest absolute Gasteiger partial charge is 0.508 e. The van der Waals surface area contributed by atoms with Crippen molar-refractivity contribution in [2.75, 3.05) is 0 Å². The Kier molecular flexibility index (Phi) is 15.7. The van der Waals surface area contributed by atoms with Gasteiger partial charge >= 0.3 is 5.97 Å². The fraction of sp³-hybridized carbons (Fsp3) is 0.484. The van der Waals surface area contributed by atoms with Crippen molar-refractivity contribution in [1.82, 2.24) is 31.2 Å². The van der Waals surface area contributed by atoms with Gasteiger partial charge in [0.25, 0.3) is 0 Å². The number of primary amides is 2. The molecule has 0 saturated carbocycles. The summed E-state index contributed by atoms with van der Waals surface area (Å²) in [6, 6.07) is -0.356. The van der Waals surface area contributed by atoms with Crippen LogP contribution >= 0.6 is 0 Å². The Balaban J connectivity index is 2.25. The molecule has 0 unspecified atom stereocenters. The molecule has 18 nitrogen and oxygen atoms in total.